The monoisotopic (exact) mass is 214 g/mol. The van der Waals surface area contributed by atoms with Gasteiger partial charge in [0, 0.05) is 23.1 Å². The summed E-state index contributed by atoms with van der Waals surface area (Å²) in [6, 6.07) is 7.82. The third kappa shape index (κ3) is 2.08. The van der Waals surface area contributed by atoms with E-state index in [-0.39, 0.29) is 5.78 Å². The highest BCUT2D eigenvalue weighted by molar-refractivity contribution is 7.17. The molecule has 0 aliphatic heterocycles. The summed E-state index contributed by atoms with van der Waals surface area (Å²) in [5.41, 5.74) is 0.760. The number of Topliss-reactive ketones (excluding diaryl/α,β-unsaturated/α-hetero) is 1. The Bertz CT molecular complexity index is 531. The first-order valence-electron chi connectivity index (χ1n) is 4.75. The van der Waals surface area contributed by atoms with Crippen LogP contribution in [0.25, 0.3) is 10.1 Å². The Balaban J connectivity index is 2.28. The van der Waals surface area contributed by atoms with Crippen LogP contribution in [-0.2, 0) is 0 Å². The number of ketones is 1. The zero-order valence-electron chi connectivity index (χ0n) is 8.19. The van der Waals surface area contributed by atoms with Gasteiger partial charge < -0.3 is 0 Å². The molecule has 1 aromatic carbocycles. The fourth-order valence-corrected chi connectivity index (χ4v) is 2.24. The van der Waals surface area contributed by atoms with Crippen LogP contribution in [0.15, 0.2) is 29.6 Å². The number of thiophene rings is 1. The maximum atomic E-state index is 11.7. The number of fused-ring (bicyclic) bond motifs is 1. The Morgan fingerprint density at radius 3 is 3.07 bits per heavy atom. The van der Waals surface area contributed by atoms with Gasteiger partial charge in [-0.15, -0.1) is 23.7 Å². The van der Waals surface area contributed by atoms with E-state index in [0.29, 0.717) is 12.8 Å². The van der Waals surface area contributed by atoms with Gasteiger partial charge in [0.2, 0.25) is 0 Å². The second-order valence-electron chi connectivity index (χ2n) is 3.30. The Labute approximate surface area is 92.7 Å². The quantitative estimate of drug-likeness (QED) is 0.564. The molecular weight excluding hydrogens is 204 g/mol. The van der Waals surface area contributed by atoms with Gasteiger partial charge in [0.05, 0.1) is 0 Å². The molecule has 15 heavy (non-hydrogen) atoms. The fourth-order valence-electron chi connectivity index (χ4n) is 1.47. The second-order valence-corrected chi connectivity index (χ2v) is 4.25. The molecular formula is C13H10OS. The lowest BCUT2D eigenvalue weighted by Gasteiger charge is -1.98. The van der Waals surface area contributed by atoms with Gasteiger partial charge in [-0.3, -0.25) is 4.79 Å². The minimum atomic E-state index is 0.126. The van der Waals surface area contributed by atoms with Gasteiger partial charge in [0.1, 0.15) is 0 Å². The summed E-state index contributed by atoms with van der Waals surface area (Å²) in [5, 5.41) is 3.16. The first-order chi connectivity index (χ1) is 7.31. The van der Waals surface area contributed by atoms with Crippen molar-refractivity contribution in [2.24, 2.45) is 0 Å². The smallest absolute Gasteiger partial charge is 0.163 e. The number of carbonyl (C=O) groups is 1. The van der Waals surface area contributed by atoms with Crippen LogP contribution in [0.2, 0.25) is 0 Å². The second kappa shape index (κ2) is 4.29. The molecule has 2 heteroatoms. The summed E-state index contributed by atoms with van der Waals surface area (Å²) in [6.07, 6.45) is 6.08. The zero-order chi connectivity index (χ0) is 10.7. The first-order valence-corrected chi connectivity index (χ1v) is 5.63. The molecule has 0 saturated heterocycles. The normalized spacial score (nSPS) is 10.1. The minimum absolute atomic E-state index is 0.126. The van der Waals surface area contributed by atoms with E-state index in [1.54, 1.807) is 11.3 Å². The third-order valence-corrected chi connectivity index (χ3v) is 3.17. The van der Waals surface area contributed by atoms with Crippen LogP contribution in [0.1, 0.15) is 23.2 Å². The number of carbonyl (C=O) groups excluding carboxylic acids is 1. The lowest BCUT2D eigenvalue weighted by atomic mass is 10.1. The van der Waals surface area contributed by atoms with Crippen molar-refractivity contribution in [3.63, 3.8) is 0 Å². The maximum Gasteiger partial charge on any atom is 0.163 e. The standard InChI is InChI=1S/C13H10OS/c1-2-3-4-12(14)10-5-6-13-11(9-10)7-8-15-13/h1,5-9H,3-4H2. The Kier molecular flexibility index (Phi) is 2.84. The van der Waals surface area contributed by atoms with Gasteiger partial charge >= 0.3 is 0 Å². The largest absolute Gasteiger partial charge is 0.294 e. The molecule has 0 radical (unpaired) electrons. The number of rotatable bonds is 3. The number of terminal acetylenes is 1. The van der Waals surface area contributed by atoms with Crippen LogP contribution >= 0.6 is 11.3 Å². The summed E-state index contributed by atoms with van der Waals surface area (Å²) in [4.78, 5) is 11.7. The van der Waals surface area contributed by atoms with Crippen molar-refractivity contribution in [3.8, 4) is 12.3 Å². The molecule has 2 aromatic rings. The zero-order valence-corrected chi connectivity index (χ0v) is 9.01. The number of hydrogen-bond acceptors (Lipinski definition) is 2. The van der Waals surface area contributed by atoms with E-state index in [4.69, 9.17) is 6.42 Å². The lowest BCUT2D eigenvalue weighted by Crippen LogP contribution is -1.97. The highest BCUT2D eigenvalue weighted by Gasteiger charge is 2.05. The molecule has 0 saturated carbocycles. The van der Waals surface area contributed by atoms with Crippen molar-refractivity contribution in [1.82, 2.24) is 0 Å². The van der Waals surface area contributed by atoms with Crippen molar-refractivity contribution in [2.45, 2.75) is 12.8 Å². The van der Waals surface area contributed by atoms with Crippen LogP contribution in [-0.4, -0.2) is 5.78 Å². The van der Waals surface area contributed by atoms with E-state index < -0.39 is 0 Å². The molecule has 1 nitrogen and oxygen atoms in total. The van der Waals surface area contributed by atoms with Gasteiger partial charge in [-0.1, -0.05) is 0 Å². The van der Waals surface area contributed by atoms with Crippen LogP contribution in [0.3, 0.4) is 0 Å². The van der Waals surface area contributed by atoms with E-state index in [9.17, 15) is 4.79 Å². The molecule has 1 heterocycles. The fraction of sp³-hybridized carbons (Fsp3) is 0.154. The van der Waals surface area contributed by atoms with Crippen LogP contribution in [0.4, 0.5) is 0 Å². The molecule has 0 atom stereocenters. The molecule has 0 bridgehead atoms. The average molecular weight is 214 g/mol. The molecule has 0 spiro atoms. The van der Waals surface area contributed by atoms with Gasteiger partial charge in [0.25, 0.3) is 0 Å². The summed E-state index contributed by atoms with van der Waals surface area (Å²) in [7, 11) is 0. The number of hydrogen-bond donors (Lipinski definition) is 0. The van der Waals surface area contributed by atoms with E-state index in [2.05, 4.69) is 5.92 Å². The van der Waals surface area contributed by atoms with Crippen molar-refractivity contribution in [2.75, 3.05) is 0 Å². The van der Waals surface area contributed by atoms with Gasteiger partial charge in [0.15, 0.2) is 5.78 Å². The van der Waals surface area contributed by atoms with Crippen LogP contribution in [0.5, 0.6) is 0 Å². The van der Waals surface area contributed by atoms with Crippen molar-refractivity contribution in [1.29, 1.82) is 0 Å². The molecule has 74 valence electrons. The Morgan fingerprint density at radius 2 is 2.27 bits per heavy atom. The van der Waals surface area contributed by atoms with E-state index in [0.717, 1.165) is 10.9 Å². The lowest BCUT2D eigenvalue weighted by molar-refractivity contribution is 0.0984. The third-order valence-electron chi connectivity index (χ3n) is 2.27. The van der Waals surface area contributed by atoms with Crippen molar-refractivity contribution in [3.05, 3.63) is 35.2 Å². The minimum Gasteiger partial charge on any atom is -0.294 e. The summed E-state index contributed by atoms with van der Waals surface area (Å²) in [6.45, 7) is 0. The summed E-state index contributed by atoms with van der Waals surface area (Å²) < 4.78 is 1.21. The molecule has 0 N–H and O–H groups in total. The maximum absolute atomic E-state index is 11.7. The predicted molar refractivity (Wildman–Crippen MR) is 64.2 cm³/mol. The molecule has 0 aliphatic carbocycles. The topological polar surface area (TPSA) is 17.1 Å². The van der Waals surface area contributed by atoms with Crippen LogP contribution < -0.4 is 0 Å². The van der Waals surface area contributed by atoms with Crippen LogP contribution in [0, 0.1) is 12.3 Å². The van der Waals surface area contributed by atoms with Crippen molar-refractivity contribution < 1.29 is 4.79 Å². The molecule has 0 unspecified atom stereocenters. The first kappa shape index (κ1) is 9.95. The van der Waals surface area contributed by atoms with E-state index in [1.807, 2.05) is 29.6 Å². The summed E-state index contributed by atoms with van der Waals surface area (Å²) >= 11 is 1.68. The molecule has 0 aliphatic rings. The van der Waals surface area contributed by atoms with E-state index in [1.165, 1.54) is 4.70 Å². The summed E-state index contributed by atoms with van der Waals surface area (Å²) in [5.74, 6) is 2.61. The number of benzene rings is 1. The molecule has 1 aromatic heterocycles. The van der Waals surface area contributed by atoms with Crippen molar-refractivity contribution >= 4 is 27.2 Å². The Morgan fingerprint density at radius 1 is 1.40 bits per heavy atom. The predicted octanol–water partition coefficient (Wildman–Crippen LogP) is 3.50. The van der Waals surface area contributed by atoms with Gasteiger partial charge in [-0.05, 0) is 35.0 Å². The SMILES string of the molecule is C#CCCC(=O)c1ccc2sccc2c1. The molecule has 0 fully saturated rings. The Hall–Kier alpha value is -1.59. The highest BCUT2D eigenvalue weighted by atomic mass is 32.1. The average Bonchev–Trinajstić information content (AvgIpc) is 2.72. The van der Waals surface area contributed by atoms with E-state index >= 15 is 0 Å². The highest BCUT2D eigenvalue weighted by Crippen LogP contribution is 2.22. The van der Waals surface area contributed by atoms with Gasteiger partial charge in [-0.25, -0.2) is 0 Å². The van der Waals surface area contributed by atoms with Gasteiger partial charge in [-0.2, -0.15) is 0 Å². The molecule has 0 amide bonds. The molecule has 2 rings (SSSR count).